The predicted octanol–water partition coefficient (Wildman–Crippen LogP) is 2.06. The maximum Gasteiger partial charge on any atom is 0.115 e. The van der Waals surface area contributed by atoms with Crippen LogP contribution in [0.4, 0.5) is 0 Å². The largest absolute Gasteiger partial charge is 0.335 e. The van der Waals surface area contributed by atoms with Crippen molar-refractivity contribution < 1.29 is 0 Å². The fourth-order valence-corrected chi connectivity index (χ4v) is 1.06. The lowest BCUT2D eigenvalue weighted by atomic mass is 9.87. The third-order valence-electron chi connectivity index (χ3n) is 2.07. The van der Waals surface area contributed by atoms with Gasteiger partial charge in [-0.05, 0) is 5.41 Å². The fraction of sp³-hybridized carbons (Fsp3) is 0.667. The van der Waals surface area contributed by atoms with Crippen LogP contribution in [0.5, 0.6) is 0 Å². The van der Waals surface area contributed by atoms with Crippen molar-refractivity contribution in [3.05, 3.63) is 23.6 Å². The van der Waals surface area contributed by atoms with Gasteiger partial charge in [0, 0.05) is 18.9 Å². The molecular formula is C9H15N3O. The van der Waals surface area contributed by atoms with E-state index in [2.05, 4.69) is 10.2 Å². The molecule has 0 spiro atoms. The minimum absolute atomic E-state index is 0.0913. The summed E-state index contributed by atoms with van der Waals surface area (Å²) in [6, 6.07) is -0.207. The number of hydrogen-bond donors (Lipinski definition) is 0. The Morgan fingerprint density at radius 2 is 2.23 bits per heavy atom. The van der Waals surface area contributed by atoms with Crippen molar-refractivity contribution in [3.63, 3.8) is 0 Å². The third-order valence-corrected chi connectivity index (χ3v) is 2.07. The molecule has 1 unspecified atom stereocenters. The zero-order chi connectivity index (χ0) is 9.90. The number of hydrogen-bond acceptors (Lipinski definition) is 3. The highest BCUT2D eigenvalue weighted by molar-refractivity contribution is 4.83. The Kier molecular flexibility index (Phi) is 2.80. The summed E-state index contributed by atoms with van der Waals surface area (Å²) in [6.45, 7) is 6.63. The van der Waals surface area contributed by atoms with Crippen LogP contribution in [0.2, 0.25) is 0 Å². The van der Waals surface area contributed by atoms with Gasteiger partial charge in [0.1, 0.15) is 6.04 Å². The van der Waals surface area contributed by atoms with Gasteiger partial charge >= 0.3 is 0 Å². The highest BCUT2D eigenvalue weighted by Gasteiger charge is 2.25. The molecule has 0 N–H and O–H groups in total. The van der Waals surface area contributed by atoms with Gasteiger partial charge in [-0.3, -0.25) is 0 Å². The Hall–Kier alpha value is -1.19. The molecule has 1 rings (SSSR count). The number of aromatic nitrogens is 2. The molecule has 1 aromatic rings. The molecule has 0 aliphatic carbocycles. The molecule has 13 heavy (non-hydrogen) atoms. The minimum atomic E-state index is -0.207. The quantitative estimate of drug-likeness (QED) is 0.670. The van der Waals surface area contributed by atoms with Crippen molar-refractivity contribution in [3.8, 4) is 0 Å². The van der Waals surface area contributed by atoms with Crippen LogP contribution in [-0.2, 0) is 6.54 Å². The summed E-state index contributed by atoms with van der Waals surface area (Å²) in [6.07, 6.45) is 5.23. The average molecular weight is 181 g/mol. The molecule has 0 aliphatic rings. The lowest BCUT2D eigenvalue weighted by Gasteiger charge is -2.24. The van der Waals surface area contributed by atoms with Crippen LogP contribution >= 0.6 is 0 Å². The summed E-state index contributed by atoms with van der Waals surface area (Å²) in [4.78, 5) is 14.5. The number of nitrogens with zero attached hydrogens (tertiary/aromatic N) is 3. The maximum absolute atomic E-state index is 10.6. The molecule has 0 saturated carbocycles. The first-order valence-corrected chi connectivity index (χ1v) is 4.32. The molecule has 1 heterocycles. The molecule has 1 atom stereocenters. The standard InChI is InChI=1S/C9H15N3O/c1-9(2,3)8(11-13)6-12-5-4-10-7-12/h4-5,7-8H,6H2,1-3H3. The molecule has 0 radical (unpaired) electrons. The van der Waals surface area contributed by atoms with Gasteiger partial charge in [-0.25, -0.2) is 4.98 Å². The van der Waals surface area contributed by atoms with Gasteiger partial charge in [-0.1, -0.05) is 25.9 Å². The topological polar surface area (TPSA) is 47.2 Å². The molecule has 0 fully saturated rings. The van der Waals surface area contributed by atoms with Crippen LogP contribution in [0.15, 0.2) is 23.9 Å². The molecule has 4 nitrogen and oxygen atoms in total. The monoisotopic (exact) mass is 181 g/mol. The lowest BCUT2D eigenvalue weighted by molar-refractivity contribution is 0.291. The zero-order valence-corrected chi connectivity index (χ0v) is 8.27. The van der Waals surface area contributed by atoms with Crippen molar-refractivity contribution in [2.24, 2.45) is 10.6 Å². The molecule has 0 amide bonds. The second-order valence-corrected chi connectivity index (χ2v) is 4.25. The van der Waals surface area contributed by atoms with E-state index in [4.69, 9.17) is 0 Å². The Balaban J connectivity index is 2.66. The minimum Gasteiger partial charge on any atom is -0.335 e. The predicted molar refractivity (Wildman–Crippen MR) is 51.3 cm³/mol. The summed E-state index contributed by atoms with van der Waals surface area (Å²) in [5, 5.41) is 3.14. The summed E-state index contributed by atoms with van der Waals surface area (Å²) >= 11 is 0. The molecule has 4 heteroatoms. The second-order valence-electron chi connectivity index (χ2n) is 4.25. The van der Waals surface area contributed by atoms with Crippen LogP contribution < -0.4 is 0 Å². The number of imidazole rings is 1. The first-order valence-electron chi connectivity index (χ1n) is 4.32. The van der Waals surface area contributed by atoms with Crippen LogP contribution in [0.1, 0.15) is 20.8 Å². The molecule has 0 aliphatic heterocycles. The normalized spacial score (nSPS) is 14.1. The lowest BCUT2D eigenvalue weighted by Crippen LogP contribution is -2.28. The van der Waals surface area contributed by atoms with Crippen molar-refractivity contribution in [2.45, 2.75) is 33.4 Å². The summed E-state index contributed by atoms with van der Waals surface area (Å²) in [5.74, 6) is 0. The van der Waals surface area contributed by atoms with E-state index >= 15 is 0 Å². The molecule has 0 bridgehead atoms. The van der Waals surface area contributed by atoms with Gasteiger partial charge in [0.2, 0.25) is 0 Å². The van der Waals surface area contributed by atoms with Crippen LogP contribution in [-0.4, -0.2) is 15.6 Å². The smallest absolute Gasteiger partial charge is 0.115 e. The van der Waals surface area contributed by atoms with Crippen molar-refractivity contribution >= 4 is 0 Å². The van der Waals surface area contributed by atoms with Gasteiger partial charge in [-0.2, -0.15) is 4.91 Å². The van der Waals surface area contributed by atoms with Crippen molar-refractivity contribution in [2.75, 3.05) is 0 Å². The van der Waals surface area contributed by atoms with E-state index in [0.29, 0.717) is 6.54 Å². The van der Waals surface area contributed by atoms with E-state index in [1.807, 2.05) is 31.5 Å². The highest BCUT2D eigenvalue weighted by atomic mass is 16.3. The van der Waals surface area contributed by atoms with Gasteiger partial charge in [0.25, 0.3) is 0 Å². The Morgan fingerprint density at radius 1 is 1.54 bits per heavy atom. The van der Waals surface area contributed by atoms with E-state index in [1.54, 1.807) is 12.5 Å². The zero-order valence-electron chi connectivity index (χ0n) is 8.27. The molecular weight excluding hydrogens is 166 g/mol. The summed E-state index contributed by atoms with van der Waals surface area (Å²) < 4.78 is 1.87. The van der Waals surface area contributed by atoms with E-state index in [1.165, 1.54) is 0 Å². The van der Waals surface area contributed by atoms with Gasteiger partial charge in [-0.15, -0.1) is 0 Å². The van der Waals surface area contributed by atoms with Gasteiger partial charge in [0.05, 0.1) is 6.33 Å². The molecule has 0 aromatic carbocycles. The number of rotatable bonds is 3. The Bertz CT molecular complexity index is 261. The Morgan fingerprint density at radius 3 is 2.62 bits per heavy atom. The second kappa shape index (κ2) is 3.68. The van der Waals surface area contributed by atoms with E-state index in [-0.39, 0.29) is 11.5 Å². The van der Waals surface area contributed by atoms with E-state index in [0.717, 1.165) is 0 Å². The van der Waals surface area contributed by atoms with Crippen molar-refractivity contribution in [1.82, 2.24) is 9.55 Å². The molecule has 1 aromatic heterocycles. The average Bonchev–Trinajstić information content (AvgIpc) is 2.49. The molecule has 0 saturated heterocycles. The third kappa shape index (κ3) is 2.65. The Labute approximate surface area is 78.0 Å². The van der Waals surface area contributed by atoms with Crippen LogP contribution in [0.25, 0.3) is 0 Å². The summed E-state index contributed by atoms with van der Waals surface area (Å²) in [7, 11) is 0. The van der Waals surface area contributed by atoms with E-state index in [9.17, 15) is 4.91 Å². The molecule has 72 valence electrons. The van der Waals surface area contributed by atoms with Crippen molar-refractivity contribution in [1.29, 1.82) is 0 Å². The summed E-state index contributed by atoms with van der Waals surface area (Å²) in [5.41, 5.74) is -0.0913. The first kappa shape index (κ1) is 9.89. The van der Waals surface area contributed by atoms with E-state index < -0.39 is 0 Å². The van der Waals surface area contributed by atoms with Gasteiger partial charge in [0.15, 0.2) is 0 Å². The van der Waals surface area contributed by atoms with Crippen LogP contribution in [0.3, 0.4) is 0 Å². The number of nitroso groups, excluding NO2 is 1. The maximum atomic E-state index is 10.6. The SMILES string of the molecule is CC(C)(C)C(Cn1ccnc1)N=O. The highest BCUT2D eigenvalue weighted by Crippen LogP contribution is 2.23. The van der Waals surface area contributed by atoms with Gasteiger partial charge < -0.3 is 4.57 Å². The first-order chi connectivity index (χ1) is 6.04. The van der Waals surface area contributed by atoms with Crippen LogP contribution in [0, 0.1) is 10.3 Å². The fourth-order valence-electron chi connectivity index (χ4n) is 1.06.